The summed E-state index contributed by atoms with van der Waals surface area (Å²) in [7, 11) is 0. The molecule has 0 atom stereocenters. The van der Waals surface area contributed by atoms with E-state index >= 15 is 0 Å². The van der Waals surface area contributed by atoms with Crippen LogP contribution < -0.4 is 10.1 Å². The number of carbonyl (C=O) groups is 1. The largest absolute Gasteiger partial charge is 0.494 e. The minimum absolute atomic E-state index is 0.0615. The van der Waals surface area contributed by atoms with Crippen LogP contribution in [0.2, 0.25) is 0 Å². The molecule has 0 aliphatic rings. The van der Waals surface area contributed by atoms with Crippen molar-refractivity contribution < 1.29 is 14.5 Å². The number of unbranched alkanes of at least 4 members (excludes halogenated alkanes) is 1. The quantitative estimate of drug-likeness (QED) is 0.321. The molecule has 26 heavy (non-hydrogen) atoms. The smallest absolute Gasteiger partial charge is 0.271 e. The molecule has 1 N–H and O–H groups in total. The van der Waals surface area contributed by atoms with Crippen molar-refractivity contribution in [2.75, 3.05) is 11.9 Å². The molecular weight excluding hydrogens is 332 g/mol. The first-order valence-corrected chi connectivity index (χ1v) is 8.46. The van der Waals surface area contributed by atoms with Gasteiger partial charge in [-0.1, -0.05) is 31.5 Å². The fraction of sp³-hybridized carbons (Fsp3) is 0.250. The van der Waals surface area contributed by atoms with Crippen molar-refractivity contribution in [3.05, 3.63) is 69.8 Å². The second kappa shape index (κ2) is 9.36. The predicted molar refractivity (Wildman–Crippen MR) is 102 cm³/mol. The predicted octanol–water partition coefficient (Wildman–Crippen LogP) is 4.73. The lowest BCUT2D eigenvalue weighted by atomic mass is 10.1. The van der Waals surface area contributed by atoms with Crippen molar-refractivity contribution in [1.82, 2.24) is 0 Å². The molecular formula is C20H22N2O4. The van der Waals surface area contributed by atoms with E-state index in [0.717, 1.165) is 29.7 Å². The third-order valence-corrected chi connectivity index (χ3v) is 3.76. The van der Waals surface area contributed by atoms with Crippen LogP contribution in [-0.4, -0.2) is 17.4 Å². The zero-order valence-electron chi connectivity index (χ0n) is 14.9. The first-order chi connectivity index (χ1) is 12.5. The van der Waals surface area contributed by atoms with Crippen LogP contribution in [0.25, 0.3) is 6.08 Å². The summed E-state index contributed by atoms with van der Waals surface area (Å²) in [5.74, 6) is 0.448. The lowest BCUT2D eigenvalue weighted by molar-refractivity contribution is -0.384. The Hall–Kier alpha value is -3.15. The van der Waals surface area contributed by atoms with E-state index in [1.165, 1.54) is 18.2 Å². The number of aryl methyl sites for hydroxylation is 1. The summed E-state index contributed by atoms with van der Waals surface area (Å²) in [6.07, 6.45) is 5.17. The Balaban J connectivity index is 1.97. The van der Waals surface area contributed by atoms with Gasteiger partial charge in [0.2, 0.25) is 5.91 Å². The van der Waals surface area contributed by atoms with E-state index in [2.05, 4.69) is 12.2 Å². The van der Waals surface area contributed by atoms with Gasteiger partial charge in [0, 0.05) is 18.2 Å². The van der Waals surface area contributed by atoms with Gasteiger partial charge >= 0.3 is 0 Å². The number of nitrogens with zero attached hydrogens (tertiary/aromatic N) is 1. The number of non-ortho nitro benzene ring substituents is 1. The standard InChI is InChI=1S/C20H22N2O4/c1-3-4-13-26-18-10-6-16(7-11-18)8-12-20(23)21-19-14-17(22(24)25)9-5-15(19)2/h5-12,14H,3-4,13H2,1-2H3,(H,21,23). The van der Waals surface area contributed by atoms with Gasteiger partial charge in [-0.25, -0.2) is 0 Å². The number of rotatable bonds is 8. The molecule has 0 aromatic heterocycles. The van der Waals surface area contributed by atoms with Crippen LogP contribution in [0.1, 0.15) is 30.9 Å². The summed E-state index contributed by atoms with van der Waals surface area (Å²) >= 11 is 0. The molecule has 0 spiro atoms. The number of nitrogens with one attached hydrogen (secondary N) is 1. The first kappa shape index (κ1) is 19.2. The summed E-state index contributed by atoms with van der Waals surface area (Å²) in [6.45, 7) is 4.58. The Morgan fingerprint density at radius 3 is 2.62 bits per heavy atom. The van der Waals surface area contributed by atoms with Gasteiger partial charge < -0.3 is 10.1 Å². The van der Waals surface area contributed by atoms with Gasteiger partial charge in [-0.2, -0.15) is 0 Å². The number of hydrogen-bond acceptors (Lipinski definition) is 4. The minimum atomic E-state index is -0.491. The lowest BCUT2D eigenvalue weighted by Gasteiger charge is -2.06. The number of ether oxygens (including phenoxy) is 1. The van der Waals surface area contributed by atoms with Crippen LogP contribution in [0.15, 0.2) is 48.5 Å². The molecule has 2 aromatic carbocycles. The Kier molecular flexibility index (Phi) is 6.91. The second-order valence-electron chi connectivity index (χ2n) is 5.85. The molecule has 2 aromatic rings. The van der Waals surface area contributed by atoms with Gasteiger partial charge in [-0.3, -0.25) is 14.9 Å². The van der Waals surface area contributed by atoms with E-state index in [1.807, 2.05) is 24.3 Å². The molecule has 0 aliphatic heterocycles. The molecule has 0 unspecified atom stereocenters. The third kappa shape index (κ3) is 5.73. The van der Waals surface area contributed by atoms with Crippen LogP contribution in [0.4, 0.5) is 11.4 Å². The van der Waals surface area contributed by atoms with Crippen LogP contribution in [0.5, 0.6) is 5.75 Å². The third-order valence-electron chi connectivity index (χ3n) is 3.76. The molecule has 0 radical (unpaired) electrons. The number of carbonyl (C=O) groups excluding carboxylic acids is 1. The summed E-state index contributed by atoms with van der Waals surface area (Å²) < 4.78 is 5.59. The Morgan fingerprint density at radius 1 is 1.23 bits per heavy atom. The lowest BCUT2D eigenvalue weighted by Crippen LogP contribution is -2.09. The van der Waals surface area contributed by atoms with Crippen molar-refractivity contribution in [2.45, 2.75) is 26.7 Å². The number of anilines is 1. The van der Waals surface area contributed by atoms with Crippen LogP contribution >= 0.6 is 0 Å². The van der Waals surface area contributed by atoms with Gasteiger partial charge in [0.05, 0.1) is 17.2 Å². The van der Waals surface area contributed by atoms with E-state index in [9.17, 15) is 14.9 Å². The van der Waals surface area contributed by atoms with Crippen LogP contribution in [-0.2, 0) is 4.79 Å². The summed E-state index contributed by atoms with van der Waals surface area (Å²) in [6, 6.07) is 11.8. The molecule has 0 saturated carbocycles. The molecule has 0 bridgehead atoms. The van der Waals surface area contributed by atoms with E-state index in [1.54, 1.807) is 19.1 Å². The highest BCUT2D eigenvalue weighted by atomic mass is 16.6. The second-order valence-corrected chi connectivity index (χ2v) is 5.85. The molecule has 6 nitrogen and oxygen atoms in total. The number of amides is 1. The highest BCUT2D eigenvalue weighted by Crippen LogP contribution is 2.22. The number of benzene rings is 2. The minimum Gasteiger partial charge on any atom is -0.494 e. The van der Waals surface area contributed by atoms with Gasteiger partial charge in [-0.05, 0) is 42.7 Å². The zero-order chi connectivity index (χ0) is 18.9. The molecule has 0 fully saturated rings. The number of hydrogen-bond donors (Lipinski definition) is 1. The van der Waals surface area contributed by atoms with Crippen molar-refractivity contribution in [3.8, 4) is 5.75 Å². The molecule has 1 amide bonds. The fourth-order valence-corrected chi connectivity index (χ4v) is 2.21. The summed E-state index contributed by atoms with van der Waals surface area (Å²) in [5.41, 5.74) is 1.98. The van der Waals surface area contributed by atoms with E-state index in [-0.39, 0.29) is 11.6 Å². The van der Waals surface area contributed by atoms with Gasteiger partial charge in [0.1, 0.15) is 5.75 Å². The van der Waals surface area contributed by atoms with Crippen molar-refractivity contribution >= 4 is 23.4 Å². The molecule has 0 aliphatic carbocycles. The average molecular weight is 354 g/mol. The average Bonchev–Trinajstić information content (AvgIpc) is 2.63. The van der Waals surface area contributed by atoms with Gasteiger partial charge in [0.25, 0.3) is 5.69 Å². The highest BCUT2D eigenvalue weighted by Gasteiger charge is 2.09. The van der Waals surface area contributed by atoms with Crippen LogP contribution in [0, 0.1) is 17.0 Å². The zero-order valence-corrected chi connectivity index (χ0v) is 14.9. The van der Waals surface area contributed by atoms with E-state index in [4.69, 9.17) is 4.74 Å². The normalized spacial score (nSPS) is 10.7. The fourth-order valence-electron chi connectivity index (χ4n) is 2.21. The highest BCUT2D eigenvalue weighted by molar-refractivity contribution is 6.02. The van der Waals surface area contributed by atoms with E-state index in [0.29, 0.717) is 12.3 Å². The van der Waals surface area contributed by atoms with Crippen molar-refractivity contribution in [1.29, 1.82) is 0 Å². The SMILES string of the molecule is CCCCOc1ccc(C=CC(=O)Nc2cc([N+](=O)[O-])ccc2C)cc1. The van der Waals surface area contributed by atoms with Crippen molar-refractivity contribution in [2.24, 2.45) is 0 Å². The van der Waals surface area contributed by atoms with Gasteiger partial charge in [-0.15, -0.1) is 0 Å². The maximum Gasteiger partial charge on any atom is 0.271 e. The van der Waals surface area contributed by atoms with Crippen molar-refractivity contribution in [3.63, 3.8) is 0 Å². The molecule has 6 heteroatoms. The maximum atomic E-state index is 12.1. The molecule has 0 heterocycles. The Morgan fingerprint density at radius 2 is 1.96 bits per heavy atom. The molecule has 136 valence electrons. The number of nitro benzene ring substituents is 1. The number of nitro groups is 1. The Bertz CT molecular complexity index is 798. The monoisotopic (exact) mass is 354 g/mol. The van der Waals surface area contributed by atoms with E-state index < -0.39 is 4.92 Å². The molecule has 0 saturated heterocycles. The van der Waals surface area contributed by atoms with Gasteiger partial charge in [0.15, 0.2) is 0 Å². The maximum absolute atomic E-state index is 12.1. The molecule has 2 rings (SSSR count). The summed E-state index contributed by atoms with van der Waals surface area (Å²) in [4.78, 5) is 22.4. The Labute approximate surface area is 152 Å². The topological polar surface area (TPSA) is 81.5 Å². The summed E-state index contributed by atoms with van der Waals surface area (Å²) in [5, 5.41) is 13.5. The van der Waals surface area contributed by atoms with Crippen LogP contribution in [0.3, 0.4) is 0 Å². The first-order valence-electron chi connectivity index (χ1n) is 8.46.